The summed E-state index contributed by atoms with van der Waals surface area (Å²) < 4.78 is 289. The molecule has 3 aromatic rings. The van der Waals surface area contributed by atoms with Gasteiger partial charge in [-0.15, -0.1) is 0 Å². The molecule has 0 saturated heterocycles. The summed E-state index contributed by atoms with van der Waals surface area (Å²) in [4.78, 5) is 0. The van der Waals surface area contributed by atoms with E-state index in [1.807, 2.05) is 0 Å². The standard InChI is InChI=1S/C27H9F19Si/c1-47(2,3)23-22(43)24(44)26(4-7(28)13(34)19(40)14(35)8(4)29,5-9(30)15(36)20(41)16(37)10(5)31)27(46,25(23)45)6-11(32)17(38)21(42)18(39)12(6)33/h1-3H3. The SMILES string of the molecule is C[Si](C)(C)C1=C(F)C(F)(c2c(F)c(F)c(F)c(F)c2F)C(c2c(F)c(F)c(F)c(F)c2F)(c2c(F)c(F)c(F)c(F)c2F)C(F)=C1F. The van der Waals surface area contributed by atoms with Crippen molar-refractivity contribution in [1.29, 1.82) is 0 Å². The highest BCUT2D eigenvalue weighted by atomic mass is 28.3. The lowest BCUT2D eigenvalue weighted by atomic mass is 9.57. The van der Waals surface area contributed by atoms with E-state index in [1.54, 1.807) is 0 Å². The second-order valence-corrected chi connectivity index (χ2v) is 15.8. The highest BCUT2D eigenvalue weighted by Gasteiger charge is 2.72. The molecule has 3 aromatic carbocycles. The van der Waals surface area contributed by atoms with Crippen LogP contribution in [0.25, 0.3) is 0 Å². The van der Waals surface area contributed by atoms with Gasteiger partial charge in [0.1, 0.15) is 11.2 Å². The summed E-state index contributed by atoms with van der Waals surface area (Å²) in [6.07, 6.45) is 0. The Bertz CT molecular complexity index is 1820. The van der Waals surface area contributed by atoms with Gasteiger partial charge in [0.2, 0.25) is 23.1 Å². The van der Waals surface area contributed by atoms with Crippen LogP contribution >= 0.6 is 0 Å². The van der Waals surface area contributed by atoms with Gasteiger partial charge in [0.15, 0.2) is 81.5 Å². The minimum atomic E-state index is -6.39. The quantitative estimate of drug-likeness (QED) is 0.109. The Hall–Kier alpha value is -3.97. The summed E-state index contributed by atoms with van der Waals surface area (Å²) in [7, 11) is -4.31. The molecule has 0 spiro atoms. The van der Waals surface area contributed by atoms with E-state index in [9.17, 15) is 39.5 Å². The fraction of sp³-hybridized carbons (Fsp3) is 0.185. The monoisotopic (exact) mass is 722 g/mol. The second-order valence-electron chi connectivity index (χ2n) is 10.8. The zero-order valence-electron chi connectivity index (χ0n) is 22.7. The number of allylic oxidation sites excluding steroid dienone is 4. The van der Waals surface area contributed by atoms with Gasteiger partial charge in [-0.3, -0.25) is 0 Å². The van der Waals surface area contributed by atoms with Crippen molar-refractivity contribution < 1.29 is 83.4 Å². The van der Waals surface area contributed by atoms with Gasteiger partial charge in [0.05, 0.1) is 24.8 Å². The maximum absolute atomic E-state index is 17.9. The fourth-order valence-electron chi connectivity index (χ4n) is 5.28. The summed E-state index contributed by atoms with van der Waals surface area (Å²) >= 11 is 0. The van der Waals surface area contributed by atoms with E-state index in [2.05, 4.69) is 0 Å². The lowest BCUT2D eigenvalue weighted by Crippen LogP contribution is -2.56. The number of halogens is 19. The van der Waals surface area contributed by atoms with E-state index in [-0.39, 0.29) is 0 Å². The molecule has 0 amide bonds. The summed E-state index contributed by atoms with van der Waals surface area (Å²) in [5.74, 6) is -63.0. The predicted octanol–water partition coefficient (Wildman–Crippen LogP) is 10.2. The molecule has 47 heavy (non-hydrogen) atoms. The molecule has 20 heteroatoms. The molecule has 0 saturated carbocycles. The minimum absolute atomic E-state index is 0.720. The van der Waals surface area contributed by atoms with Crippen LogP contribution in [0.15, 0.2) is 22.7 Å². The zero-order valence-corrected chi connectivity index (χ0v) is 23.7. The Morgan fingerprint density at radius 3 is 0.830 bits per heavy atom. The molecule has 254 valence electrons. The first-order valence-electron chi connectivity index (χ1n) is 12.1. The van der Waals surface area contributed by atoms with Crippen molar-refractivity contribution in [2.75, 3.05) is 0 Å². The summed E-state index contributed by atoms with van der Waals surface area (Å²) in [6.45, 7) is 2.16. The predicted molar refractivity (Wildman–Crippen MR) is 123 cm³/mol. The number of hydrogen-bond acceptors (Lipinski definition) is 0. The Kier molecular flexibility index (Phi) is 8.43. The first kappa shape index (κ1) is 35.9. The van der Waals surface area contributed by atoms with Crippen LogP contribution in [0.1, 0.15) is 16.7 Å². The van der Waals surface area contributed by atoms with Crippen LogP contribution in [0.3, 0.4) is 0 Å². The van der Waals surface area contributed by atoms with E-state index < -0.39 is 146 Å². The first-order chi connectivity index (χ1) is 21.4. The molecule has 0 bridgehead atoms. The maximum atomic E-state index is 17.9. The van der Waals surface area contributed by atoms with E-state index >= 15 is 43.9 Å². The lowest BCUT2D eigenvalue weighted by Gasteiger charge is -2.48. The van der Waals surface area contributed by atoms with Gasteiger partial charge in [-0.1, -0.05) is 19.6 Å². The molecule has 0 aliphatic heterocycles. The Morgan fingerprint density at radius 1 is 0.340 bits per heavy atom. The van der Waals surface area contributed by atoms with Crippen LogP contribution in [0.4, 0.5) is 83.4 Å². The van der Waals surface area contributed by atoms with Gasteiger partial charge < -0.3 is 0 Å². The number of hydrogen-bond donors (Lipinski definition) is 0. The normalized spacial score (nSPS) is 18.5. The molecule has 0 heterocycles. The van der Waals surface area contributed by atoms with E-state index in [0.29, 0.717) is 0 Å². The number of alkyl halides is 1. The largest absolute Gasteiger partial charge is 0.229 e. The van der Waals surface area contributed by atoms with Crippen LogP contribution < -0.4 is 0 Å². The summed E-state index contributed by atoms with van der Waals surface area (Å²) in [6, 6.07) is 0. The molecule has 1 aliphatic carbocycles. The lowest BCUT2D eigenvalue weighted by molar-refractivity contribution is 0.0607. The third kappa shape index (κ3) is 4.31. The van der Waals surface area contributed by atoms with E-state index in [0.717, 1.165) is 19.6 Å². The molecular formula is C27H9F19Si. The van der Waals surface area contributed by atoms with Crippen molar-refractivity contribution in [3.8, 4) is 0 Å². The van der Waals surface area contributed by atoms with Crippen LogP contribution in [0.5, 0.6) is 0 Å². The van der Waals surface area contributed by atoms with Gasteiger partial charge in [0.25, 0.3) is 0 Å². The van der Waals surface area contributed by atoms with Crippen molar-refractivity contribution in [2.24, 2.45) is 0 Å². The fourth-order valence-corrected chi connectivity index (χ4v) is 6.88. The molecule has 0 N–H and O–H groups in total. The van der Waals surface area contributed by atoms with E-state index in [1.165, 1.54) is 0 Å². The van der Waals surface area contributed by atoms with Crippen LogP contribution in [0, 0.1) is 87.3 Å². The number of benzene rings is 3. The van der Waals surface area contributed by atoms with Gasteiger partial charge >= 0.3 is 0 Å². The van der Waals surface area contributed by atoms with Crippen LogP contribution in [0.2, 0.25) is 19.6 Å². The van der Waals surface area contributed by atoms with Crippen molar-refractivity contribution in [3.63, 3.8) is 0 Å². The highest BCUT2D eigenvalue weighted by molar-refractivity contribution is 6.84. The van der Waals surface area contributed by atoms with Gasteiger partial charge in [-0.05, 0) is 0 Å². The molecule has 0 nitrogen and oxygen atoms in total. The smallest absolute Gasteiger partial charge is 0.213 e. The topological polar surface area (TPSA) is 0 Å². The molecule has 4 rings (SSSR count). The molecule has 1 aliphatic rings. The van der Waals surface area contributed by atoms with E-state index in [4.69, 9.17) is 0 Å². The molecule has 0 aromatic heterocycles. The van der Waals surface area contributed by atoms with Gasteiger partial charge in [-0.2, -0.15) is 0 Å². The highest BCUT2D eigenvalue weighted by Crippen LogP contribution is 2.66. The van der Waals surface area contributed by atoms with Crippen molar-refractivity contribution >= 4 is 8.07 Å². The van der Waals surface area contributed by atoms with Gasteiger partial charge in [0, 0.05) is 5.20 Å². The Balaban J connectivity index is 2.64. The van der Waals surface area contributed by atoms with Crippen molar-refractivity contribution in [2.45, 2.75) is 30.7 Å². The maximum Gasteiger partial charge on any atom is 0.213 e. The van der Waals surface area contributed by atoms with Crippen LogP contribution in [-0.4, -0.2) is 8.07 Å². The summed E-state index contributed by atoms with van der Waals surface area (Å²) in [5, 5.41) is -2.11. The zero-order chi connectivity index (χ0) is 36.2. The number of rotatable bonds is 4. The summed E-state index contributed by atoms with van der Waals surface area (Å²) in [5.41, 5.74) is -23.4. The average molecular weight is 722 g/mol. The first-order valence-corrected chi connectivity index (χ1v) is 15.6. The third-order valence-corrected chi connectivity index (χ3v) is 9.19. The minimum Gasteiger partial charge on any atom is -0.229 e. The van der Waals surface area contributed by atoms with Crippen molar-refractivity contribution in [1.82, 2.24) is 0 Å². The van der Waals surface area contributed by atoms with Crippen LogP contribution in [-0.2, 0) is 11.1 Å². The molecule has 0 radical (unpaired) electrons. The van der Waals surface area contributed by atoms with Gasteiger partial charge in [-0.25, -0.2) is 83.4 Å². The molecule has 1 unspecified atom stereocenters. The Labute approximate surface area is 249 Å². The molecule has 0 fully saturated rings. The average Bonchev–Trinajstić information content (AvgIpc) is 3.00. The molecule has 1 atom stereocenters. The third-order valence-electron chi connectivity index (χ3n) is 7.25. The Morgan fingerprint density at radius 2 is 0.574 bits per heavy atom. The second kappa shape index (κ2) is 11.0. The molecular weight excluding hydrogens is 713 g/mol. The van der Waals surface area contributed by atoms with Crippen molar-refractivity contribution in [3.05, 3.63) is 127 Å².